The summed E-state index contributed by atoms with van der Waals surface area (Å²) in [7, 11) is 0. The van der Waals surface area contributed by atoms with Crippen LogP contribution in [0.15, 0.2) is 24.3 Å². The number of halogens is 2. The summed E-state index contributed by atoms with van der Waals surface area (Å²) in [6, 6.07) is 6.12. The van der Waals surface area contributed by atoms with E-state index in [0.717, 1.165) is 0 Å². The third kappa shape index (κ3) is 5.80. The number of ether oxygens (including phenoxy) is 2. The number of esters is 2. The van der Waals surface area contributed by atoms with Crippen molar-refractivity contribution in [2.24, 2.45) is 0 Å². The van der Waals surface area contributed by atoms with E-state index in [1.165, 1.54) is 24.3 Å². The number of carbonyl (C=O) groups excluding carboxylic acids is 2. The highest BCUT2D eigenvalue weighted by atomic mass is 35.5. The molecule has 0 fully saturated rings. The van der Waals surface area contributed by atoms with Gasteiger partial charge in [0.15, 0.2) is 0 Å². The lowest BCUT2D eigenvalue weighted by atomic mass is 10.1. The van der Waals surface area contributed by atoms with Gasteiger partial charge in [0.1, 0.15) is 0 Å². The van der Waals surface area contributed by atoms with Crippen LogP contribution in [0.25, 0.3) is 0 Å². The van der Waals surface area contributed by atoms with Crippen LogP contribution in [0.2, 0.25) is 0 Å². The van der Waals surface area contributed by atoms with Crippen LogP contribution in [0.5, 0.6) is 0 Å². The molecule has 1 rings (SSSR count). The standard InChI is InChI=1S/C14H16Cl2O4/c15-7-1-9-19-13(17)11-3-5-12(6-4-11)14(18)20-10-2-8-16/h3-6H,1-2,7-10H2. The van der Waals surface area contributed by atoms with E-state index in [0.29, 0.717) is 35.7 Å². The van der Waals surface area contributed by atoms with Crippen molar-refractivity contribution in [1.29, 1.82) is 0 Å². The second-order valence-electron chi connectivity index (χ2n) is 3.93. The van der Waals surface area contributed by atoms with Crippen LogP contribution in [0.3, 0.4) is 0 Å². The summed E-state index contributed by atoms with van der Waals surface area (Å²) in [5.74, 6) is 0.0233. The minimum absolute atomic E-state index is 0.282. The van der Waals surface area contributed by atoms with E-state index in [4.69, 9.17) is 32.7 Å². The maximum absolute atomic E-state index is 11.6. The van der Waals surface area contributed by atoms with Gasteiger partial charge in [-0.3, -0.25) is 0 Å². The predicted octanol–water partition coefficient (Wildman–Crippen LogP) is 3.26. The lowest BCUT2D eigenvalue weighted by Gasteiger charge is -2.05. The molecule has 0 aliphatic carbocycles. The molecular formula is C14H16Cl2O4. The fourth-order valence-electron chi connectivity index (χ4n) is 1.35. The lowest BCUT2D eigenvalue weighted by Crippen LogP contribution is -2.09. The Hall–Kier alpha value is -1.26. The molecule has 0 saturated carbocycles. The van der Waals surface area contributed by atoms with Crippen molar-refractivity contribution in [2.75, 3.05) is 25.0 Å². The molecule has 20 heavy (non-hydrogen) atoms. The third-order valence-corrected chi connectivity index (χ3v) is 2.91. The van der Waals surface area contributed by atoms with Gasteiger partial charge in [-0.1, -0.05) is 0 Å². The van der Waals surface area contributed by atoms with Crippen molar-refractivity contribution in [3.63, 3.8) is 0 Å². The molecule has 0 N–H and O–H groups in total. The quantitative estimate of drug-likeness (QED) is 0.419. The smallest absolute Gasteiger partial charge is 0.338 e. The lowest BCUT2D eigenvalue weighted by molar-refractivity contribution is 0.0491. The van der Waals surface area contributed by atoms with Gasteiger partial charge >= 0.3 is 11.9 Å². The first-order valence-corrected chi connectivity index (χ1v) is 7.32. The third-order valence-electron chi connectivity index (χ3n) is 2.38. The Morgan fingerprint density at radius 3 is 1.45 bits per heavy atom. The van der Waals surface area contributed by atoms with Gasteiger partial charge in [-0.15, -0.1) is 23.2 Å². The molecule has 0 aromatic heterocycles. The van der Waals surface area contributed by atoms with Crippen molar-refractivity contribution in [2.45, 2.75) is 12.8 Å². The van der Waals surface area contributed by atoms with Gasteiger partial charge in [0.25, 0.3) is 0 Å². The van der Waals surface area contributed by atoms with Crippen LogP contribution in [-0.4, -0.2) is 36.9 Å². The van der Waals surface area contributed by atoms with Gasteiger partial charge in [-0.05, 0) is 37.1 Å². The summed E-state index contributed by atoms with van der Waals surface area (Å²) in [6.45, 7) is 0.565. The van der Waals surface area contributed by atoms with Crippen molar-refractivity contribution < 1.29 is 19.1 Å². The van der Waals surface area contributed by atoms with Gasteiger partial charge in [0.2, 0.25) is 0 Å². The molecule has 1 aromatic rings. The zero-order valence-corrected chi connectivity index (χ0v) is 12.5. The SMILES string of the molecule is O=C(OCCCCl)c1ccc(C(=O)OCCCCl)cc1. The first kappa shape index (κ1) is 16.8. The summed E-state index contributed by atoms with van der Waals surface area (Å²) in [4.78, 5) is 23.2. The van der Waals surface area contributed by atoms with E-state index >= 15 is 0 Å². The van der Waals surface area contributed by atoms with Crippen LogP contribution in [-0.2, 0) is 9.47 Å². The Morgan fingerprint density at radius 1 is 0.800 bits per heavy atom. The van der Waals surface area contributed by atoms with Crippen molar-refractivity contribution in [3.05, 3.63) is 35.4 Å². The normalized spacial score (nSPS) is 10.1. The average Bonchev–Trinajstić information content (AvgIpc) is 2.47. The highest BCUT2D eigenvalue weighted by Gasteiger charge is 2.10. The van der Waals surface area contributed by atoms with Crippen LogP contribution in [0, 0.1) is 0 Å². The van der Waals surface area contributed by atoms with Gasteiger partial charge in [-0.25, -0.2) is 9.59 Å². The number of rotatable bonds is 8. The van der Waals surface area contributed by atoms with Gasteiger partial charge < -0.3 is 9.47 Å². The first-order valence-electron chi connectivity index (χ1n) is 6.25. The van der Waals surface area contributed by atoms with Crippen LogP contribution >= 0.6 is 23.2 Å². The molecule has 0 aliphatic rings. The molecule has 4 nitrogen and oxygen atoms in total. The number of hydrogen-bond donors (Lipinski definition) is 0. The monoisotopic (exact) mass is 318 g/mol. The van der Waals surface area contributed by atoms with Crippen molar-refractivity contribution in [1.82, 2.24) is 0 Å². The zero-order valence-electron chi connectivity index (χ0n) is 10.9. The highest BCUT2D eigenvalue weighted by molar-refractivity contribution is 6.18. The molecule has 0 radical (unpaired) electrons. The second-order valence-corrected chi connectivity index (χ2v) is 4.69. The molecule has 0 atom stereocenters. The van der Waals surface area contributed by atoms with Gasteiger partial charge in [0, 0.05) is 11.8 Å². The Labute approximate surface area is 128 Å². The van der Waals surface area contributed by atoms with E-state index in [-0.39, 0.29) is 13.2 Å². The average molecular weight is 319 g/mol. The molecule has 0 heterocycles. The summed E-state index contributed by atoms with van der Waals surface area (Å²) >= 11 is 11.0. The Morgan fingerprint density at radius 2 is 1.15 bits per heavy atom. The second kappa shape index (κ2) is 9.61. The van der Waals surface area contributed by atoms with E-state index in [1.807, 2.05) is 0 Å². The van der Waals surface area contributed by atoms with E-state index < -0.39 is 11.9 Å². The molecule has 110 valence electrons. The number of alkyl halides is 2. The largest absolute Gasteiger partial charge is 0.462 e. The Kier molecular flexibility index (Phi) is 8.07. The van der Waals surface area contributed by atoms with Crippen LogP contribution < -0.4 is 0 Å². The van der Waals surface area contributed by atoms with Crippen LogP contribution in [0.4, 0.5) is 0 Å². The molecule has 0 spiro atoms. The van der Waals surface area contributed by atoms with Crippen LogP contribution in [0.1, 0.15) is 33.6 Å². The minimum Gasteiger partial charge on any atom is -0.462 e. The fourth-order valence-corrected chi connectivity index (χ4v) is 1.57. The number of benzene rings is 1. The molecule has 0 amide bonds. The van der Waals surface area contributed by atoms with Crippen molar-refractivity contribution >= 4 is 35.1 Å². The molecule has 0 bridgehead atoms. The number of hydrogen-bond acceptors (Lipinski definition) is 4. The minimum atomic E-state index is -0.433. The summed E-state index contributed by atoms with van der Waals surface area (Å²) in [6.07, 6.45) is 1.22. The number of carbonyl (C=O) groups is 2. The molecule has 0 aliphatic heterocycles. The van der Waals surface area contributed by atoms with E-state index in [2.05, 4.69) is 0 Å². The zero-order chi connectivity index (χ0) is 14.8. The van der Waals surface area contributed by atoms with E-state index in [1.54, 1.807) is 0 Å². The fraction of sp³-hybridized carbons (Fsp3) is 0.429. The van der Waals surface area contributed by atoms with E-state index in [9.17, 15) is 9.59 Å². The van der Waals surface area contributed by atoms with Crippen molar-refractivity contribution in [3.8, 4) is 0 Å². The molecule has 0 saturated heterocycles. The molecular weight excluding hydrogens is 303 g/mol. The summed E-state index contributed by atoms with van der Waals surface area (Å²) in [5, 5.41) is 0. The summed E-state index contributed by atoms with van der Waals surface area (Å²) in [5.41, 5.74) is 0.772. The Balaban J connectivity index is 2.50. The molecule has 1 aromatic carbocycles. The van der Waals surface area contributed by atoms with Gasteiger partial charge in [0.05, 0.1) is 24.3 Å². The maximum Gasteiger partial charge on any atom is 0.338 e. The molecule has 6 heteroatoms. The topological polar surface area (TPSA) is 52.6 Å². The predicted molar refractivity (Wildman–Crippen MR) is 77.7 cm³/mol. The highest BCUT2D eigenvalue weighted by Crippen LogP contribution is 2.08. The Bertz CT molecular complexity index is 390. The summed E-state index contributed by atoms with van der Waals surface area (Å²) < 4.78 is 9.99. The maximum atomic E-state index is 11.6. The first-order chi connectivity index (χ1) is 9.69. The van der Waals surface area contributed by atoms with Gasteiger partial charge in [-0.2, -0.15) is 0 Å². The molecule has 0 unspecified atom stereocenters.